The number of hydrogen-bond acceptors (Lipinski definition) is 3. The van der Waals surface area contributed by atoms with Crippen molar-refractivity contribution >= 4 is 11.8 Å². The molecule has 0 spiro atoms. The van der Waals surface area contributed by atoms with Crippen LogP contribution in [0.4, 0.5) is 0 Å². The van der Waals surface area contributed by atoms with Gasteiger partial charge in [-0.25, -0.2) is 0 Å². The number of hydrogen-bond donors (Lipinski definition) is 2. The van der Waals surface area contributed by atoms with E-state index in [2.05, 4.69) is 10.6 Å². The van der Waals surface area contributed by atoms with Crippen molar-refractivity contribution in [1.82, 2.24) is 10.6 Å². The molecule has 5 nitrogen and oxygen atoms in total. The summed E-state index contributed by atoms with van der Waals surface area (Å²) in [7, 11) is 0. The molecule has 118 valence electrons. The van der Waals surface area contributed by atoms with Gasteiger partial charge in [0.15, 0.2) is 0 Å². The standard InChI is InChI=1S/C16H26N2O3/c1-2-21-13-9-12(13)14(19)18-16(7-3-4-8-16)15(20)17-10-11-5-6-11/h11-13H,2-10H2,1H3,(H,17,20)(H,18,19)/t12-,13-/m0/s1. The minimum absolute atomic E-state index is 0.00285. The number of nitrogens with one attached hydrogen (secondary N) is 2. The minimum atomic E-state index is -0.661. The molecular formula is C16H26N2O3. The van der Waals surface area contributed by atoms with Gasteiger partial charge >= 0.3 is 0 Å². The van der Waals surface area contributed by atoms with E-state index in [1.165, 1.54) is 12.8 Å². The third kappa shape index (κ3) is 3.39. The molecule has 3 fully saturated rings. The maximum Gasteiger partial charge on any atom is 0.245 e. The Morgan fingerprint density at radius 1 is 1.24 bits per heavy atom. The van der Waals surface area contributed by atoms with Gasteiger partial charge in [-0.2, -0.15) is 0 Å². The number of carbonyl (C=O) groups excluding carboxylic acids is 2. The van der Waals surface area contributed by atoms with E-state index in [0.717, 1.165) is 38.6 Å². The Bertz CT molecular complexity index is 414. The second-order valence-corrected chi connectivity index (χ2v) is 6.77. The molecule has 0 saturated heterocycles. The smallest absolute Gasteiger partial charge is 0.245 e. The SMILES string of the molecule is CCO[C@H]1C[C@@H]1C(=O)NC1(C(=O)NCC2CC2)CCCC1. The predicted octanol–water partition coefficient (Wildman–Crippen LogP) is 1.37. The molecule has 2 N–H and O–H groups in total. The highest BCUT2D eigenvalue weighted by Gasteiger charge is 2.49. The minimum Gasteiger partial charge on any atom is -0.378 e. The zero-order chi connectivity index (χ0) is 14.9. The molecule has 3 saturated carbocycles. The average Bonchev–Trinajstić information content (AvgIpc) is 3.37. The molecule has 2 amide bonds. The van der Waals surface area contributed by atoms with Crippen LogP contribution in [0, 0.1) is 11.8 Å². The van der Waals surface area contributed by atoms with Gasteiger partial charge in [0.25, 0.3) is 0 Å². The summed E-state index contributed by atoms with van der Waals surface area (Å²) in [6.07, 6.45) is 6.84. The molecule has 0 aromatic rings. The first kappa shape index (κ1) is 14.8. The van der Waals surface area contributed by atoms with E-state index in [-0.39, 0.29) is 23.8 Å². The van der Waals surface area contributed by atoms with Gasteiger partial charge in [0.05, 0.1) is 12.0 Å². The molecule has 0 heterocycles. The van der Waals surface area contributed by atoms with Gasteiger partial charge in [-0.05, 0) is 44.9 Å². The molecule has 0 bridgehead atoms. The maximum absolute atomic E-state index is 12.5. The van der Waals surface area contributed by atoms with E-state index < -0.39 is 5.54 Å². The van der Waals surface area contributed by atoms with Crippen LogP contribution in [0.1, 0.15) is 51.9 Å². The van der Waals surface area contributed by atoms with Crippen molar-refractivity contribution in [2.45, 2.75) is 63.5 Å². The normalized spacial score (nSPS) is 30.0. The van der Waals surface area contributed by atoms with Crippen LogP contribution < -0.4 is 10.6 Å². The van der Waals surface area contributed by atoms with Gasteiger partial charge in [-0.15, -0.1) is 0 Å². The zero-order valence-electron chi connectivity index (χ0n) is 12.8. The van der Waals surface area contributed by atoms with Crippen molar-refractivity contribution in [1.29, 1.82) is 0 Å². The third-order valence-corrected chi connectivity index (χ3v) is 4.95. The summed E-state index contributed by atoms with van der Waals surface area (Å²) in [5.74, 6) is 0.623. The van der Waals surface area contributed by atoms with Crippen LogP contribution in [0.5, 0.6) is 0 Å². The van der Waals surface area contributed by atoms with Crippen molar-refractivity contribution in [2.75, 3.05) is 13.2 Å². The highest BCUT2D eigenvalue weighted by atomic mass is 16.5. The zero-order valence-corrected chi connectivity index (χ0v) is 12.8. The van der Waals surface area contributed by atoms with E-state index in [1.54, 1.807) is 0 Å². The Morgan fingerprint density at radius 3 is 2.57 bits per heavy atom. The van der Waals surface area contributed by atoms with Crippen molar-refractivity contribution in [2.24, 2.45) is 11.8 Å². The first-order chi connectivity index (χ1) is 10.1. The molecule has 0 radical (unpaired) electrons. The molecule has 21 heavy (non-hydrogen) atoms. The molecule has 0 unspecified atom stereocenters. The quantitative estimate of drug-likeness (QED) is 0.745. The molecule has 0 aliphatic heterocycles. The van der Waals surface area contributed by atoms with Gasteiger partial charge in [-0.1, -0.05) is 12.8 Å². The summed E-state index contributed by atoms with van der Waals surface area (Å²) in [6, 6.07) is 0. The fourth-order valence-corrected chi connectivity index (χ4v) is 3.29. The lowest BCUT2D eigenvalue weighted by molar-refractivity contribution is -0.134. The number of rotatable bonds is 7. The molecule has 0 aromatic heterocycles. The fourth-order valence-electron chi connectivity index (χ4n) is 3.29. The van der Waals surface area contributed by atoms with E-state index >= 15 is 0 Å². The molecule has 3 aliphatic rings. The van der Waals surface area contributed by atoms with E-state index in [4.69, 9.17) is 4.74 Å². The van der Waals surface area contributed by atoms with E-state index in [9.17, 15) is 9.59 Å². The van der Waals surface area contributed by atoms with Crippen molar-refractivity contribution < 1.29 is 14.3 Å². The summed E-state index contributed by atoms with van der Waals surface area (Å²) in [4.78, 5) is 24.9. The molecular weight excluding hydrogens is 268 g/mol. The van der Waals surface area contributed by atoms with Gasteiger partial charge in [0.2, 0.25) is 11.8 Å². The van der Waals surface area contributed by atoms with E-state index in [1.807, 2.05) is 6.92 Å². The van der Waals surface area contributed by atoms with Crippen molar-refractivity contribution in [3.8, 4) is 0 Å². The van der Waals surface area contributed by atoms with Crippen LogP contribution in [0.15, 0.2) is 0 Å². The average molecular weight is 294 g/mol. The maximum atomic E-state index is 12.5. The first-order valence-corrected chi connectivity index (χ1v) is 8.36. The Balaban J connectivity index is 1.55. The van der Waals surface area contributed by atoms with Crippen LogP contribution in [0.3, 0.4) is 0 Å². The van der Waals surface area contributed by atoms with Gasteiger partial charge in [0, 0.05) is 13.2 Å². The van der Waals surface area contributed by atoms with Crippen molar-refractivity contribution in [3.05, 3.63) is 0 Å². The summed E-state index contributed by atoms with van der Waals surface area (Å²) in [6.45, 7) is 3.35. The van der Waals surface area contributed by atoms with Gasteiger partial charge < -0.3 is 15.4 Å². The number of carbonyl (C=O) groups is 2. The Kier molecular flexibility index (Phi) is 4.20. The largest absolute Gasteiger partial charge is 0.378 e. The summed E-state index contributed by atoms with van der Waals surface area (Å²) in [5, 5.41) is 6.10. The fraction of sp³-hybridized carbons (Fsp3) is 0.875. The number of amides is 2. The van der Waals surface area contributed by atoms with Crippen molar-refractivity contribution in [3.63, 3.8) is 0 Å². The lowest BCUT2D eigenvalue weighted by atomic mass is 9.95. The van der Waals surface area contributed by atoms with Gasteiger partial charge in [-0.3, -0.25) is 9.59 Å². The topological polar surface area (TPSA) is 67.4 Å². The number of ether oxygens (including phenoxy) is 1. The van der Waals surface area contributed by atoms with E-state index in [0.29, 0.717) is 12.5 Å². The summed E-state index contributed by atoms with van der Waals surface area (Å²) in [5.41, 5.74) is -0.661. The molecule has 0 aromatic carbocycles. The summed E-state index contributed by atoms with van der Waals surface area (Å²) >= 11 is 0. The van der Waals surface area contributed by atoms with Crippen LogP contribution in [0.2, 0.25) is 0 Å². The lowest BCUT2D eigenvalue weighted by Gasteiger charge is -2.29. The highest BCUT2D eigenvalue weighted by molar-refractivity contribution is 5.93. The van der Waals surface area contributed by atoms with Crippen LogP contribution in [-0.2, 0) is 14.3 Å². The molecule has 2 atom stereocenters. The van der Waals surface area contributed by atoms with Gasteiger partial charge in [0.1, 0.15) is 5.54 Å². The first-order valence-electron chi connectivity index (χ1n) is 8.36. The Labute approximate surface area is 126 Å². The Hall–Kier alpha value is -1.10. The predicted molar refractivity (Wildman–Crippen MR) is 78.6 cm³/mol. The summed E-state index contributed by atoms with van der Waals surface area (Å²) < 4.78 is 5.47. The molecule has 5 heteroatoms. The van der Waals surface area contributed by atoms with Crippen LogP contribution in [-0.4, -0.2) is 36.6 Å². The monoisotopic (exact) mass is 294 g/mol. The Morgan fingerprint density at radius 2 is 1.95 bits per heavy atom. The second kappa shape index (κ2) is 5.95. The van der Waals surface area contributed by atoms with Crippen LogP contribution in [0.25, 0.3) is 0 Å². The molecule has 3 aliphatic carbocycles. The third-order valence-electron chi connectivity index (χ3n) is 4.95. The highest BCUT2D eigenvalue weighted by Crippen LogP contribution is 2.37. The lowest BCUT2D eigenvalue weighted by Crippen LogP contribution is -2.58. The second-order valence-electron chi connectivity index (χ2n) is 6.77. The molecule has 3 rings (SSSR count). The van der Waals surface area contributed by atoms with Crippen LogP contribution >= 0.6 is 0 Å².